The van der Waals surface area contributed by atoms with E-state index in [2.05, 4.69) is 31.2 Å². The van der Waals surface area contributed by atoms with Gasteiger partial charge < -0.3 is 9.47 Å². The van der Waals surface area contributed by atoms with Gasteiger partial charge in [0.1, 0.15) is 12.2 Å². The fraction of sp³-hybridized carbons (Fsp3) is 0.391. The molecule has 0 heterocycles. The van der Waals surface area contributed by atoms with Crippen LogP contribution in [0, 0.1) is 0 Å². The third kappa shape index (κ3) is 16.6. The molecule has 0 radical (unpaired) electrons. The highest BCUT2D eigenvalue weighted by molar-refractivity contribution is 5.66. The van der Waals surface area contributed by atoms with Crippen LogP contribution in [0.1, 0.15) is 52.7 Å². The van der Waals surface area contributed by atoms with E-state index in [0.29, 0.717) is 6.61 Å². The topological polar surface area (TPSA) is 52.6 Å². The minimum Gasteiger partial charge on any atom is -0.461 e. The number of esters is 2. The van der Waals surface area contributed by atoms with Crippen molar-refractivity contribution in [1.29, 1.82) is 0 Å². The van der Waals surface area contributed by atoms with Gasteiger partial charge in [-0.2, -0.15) is 0 Å². The van der Waals surface area contributed by atoms with E-state index in [9.17, 15) is 9.59 Å². The number of hydrogen-bond donors (Lipinski definition) is 0. The van der Waals surface area contributed by atoms with Gasteiger partial charge in [0.2, 0.25) is 0 Å². The second kappa shape index (κ2) is 13.6. The summed E-state index contributed by atoms with van der Waals surface area (Å²) < 4.78 is 9.59. The van der Waals surface area contributed by atoms with Gasteiger partial charge in [-0.05, 0) is 38.3 Å². The Bertz CT molecular complexity index is 643. The van der Waals surface area contributed by atoms with Crippen LogP contribution in [0.25, 0.3) is 0 Å². The van der Waals surface area contributed by atoms with Gasteiger partial charge >= 0.3 is 11.9 Å². The van der Waals surface area contributed by atoms with Crippen LogP contribution >= 0.6 is 0 Å². The maximum Gasteiger partial charge on any atom is 0.303 e. The van der Waals surface area contributed by atoms with Gasteiger partial charge in [0.25, 0.3) is 0 Å². The first-order valence-corrected chi connectivity index (χ1v) is 9.04. The van der Waals surface area contributed by atoms with Crippen molar-refractivity contribution >= 4 is 11.9 Å². The maximum atomic E-state index is 10.4. The summed E-state index contributed by atoms with van der Waals surface area (Å²) in [6.07, 6.45) is 1.14. The number of benzene rings is 2. The van der Waals surface area contributed by atoms with Gasteiger partial charge in [-0.15, -0.1) is 0 Å². The van der Waals surface area contributed by atoms with Gasteiger partial charge in [0, 0.05) is 13.8 Å². The Morgan fingerprint density at radius 1 is 0.778 bits per heavy atom. The van der Waals surface area contributed by atoms with Crippen LogP contribution in [0.2, 0.25) is 0 Å². The Morgan fingerprint density at radius 2 is 1.22 bits per heavy atom. The van der Waals surface area contributed by atoms with E-state index in [1.807, 2.05) is 57.2 Å². The Balaban J connectivity index is 0.000000384. The zero-order valence-corrected chi connectivity index (χ0v) is 17.3. The van der Waals surface area contributed by atoms with E-state index >= 15 is 0 Å². The zero-order valence-electron chi connectivity index (χ0n) is 17.3. The minimum atomic E-state index is -0.328. The highest BCUT2D eigenvalue weighted by atomic mass is 16.6. The summed E-state index contributed by atoms with van der Waals surface area (Å²) in [5, 5.41) is 0. The lowest BCUT2D eigenvalue weighted by Gasteiger charge is -2.17. The molecule has 0 amide bonds. The molecule has 0 atom stereocenters. The van der Waals surface area contributed by atoms with Crippen LogP contribution in [0.3, 0.4) is 0 Å². The number of ether oxygens (including phenoxy) is 2. The predicted molar refractivity (Wildman–Crippen MR) is 109 cm³/mol. The molecular formula is C23H32O4. The summed E-state index contributed by atoms with van der Waals surface area (Å²) in [5.74, 6) is -0.466. The lowest BCUT2D eigenvalue weighted by molar-refractivity contribution is -0.152. The van der Waals surface area contributed by atoms with Crippen LogP contribution in [0.15, 0.2) is 60.7 Å². The third-order valence-corrected chi connectivity index (χ3v) is 2.99. The second-order valence-corrected chi connectivity index (χ2v) is 6.81. The molecule has 2 aromatic carbocycles. The molecule has 0 aliphatic carbocycles. The molecule has 0 N–H and O–H groups in total. The van der Waals surface area contributed by atoms with E-state index in [1.165, 1.54) is 19.4 Å². The van der Waals surface area contributed by atoms with Crippen molar-refractivity contribution in [3.8, 4) is 0 Å². The molecule has 0 saturated heterocycles. The van der Waals surface area contributed by atoms with E-state index in [-0.39, 0.29) is 17.5 Å². The molecule has 0 aliphatic heterocycles. The van der Waals surface area contributed by atoms with Gasteiger partial charge in [-0.25, -0.2) is 0 Å². The second-order valence-electron chi connectivity index (χ2n) is 6.81. The molecular weight excluding hydrogens is 340 g/mol. The smallest absolute Gasteiger partial charge is 0.303 e. The SMILES string of the molecule is CC(=O)OC(C)(C)C.CC(=O)OCc1ccccc1.CCc1ccccc1. The summed E-state index contributed by atoms with van der Waals surface area (Å²) in [4.78, 5) is 20.6. The molecule has 0 saturated carbocycles. The van der Waals surface area contributed by atoms with Crippen molar-refractivity contribution in [1.82, 2.24) is 0 Å². The van der Waals surface area contributed by atoms with E-state index in [0.717, 1.165) is 12.0 Å². The van der Waals surface area contributed by atoms with Crippen molar-refractivity contribution in [3.63, 3.8) is 0 Å². The van der Waals surface area contributed by atoms with Crippen LogP contribution in [-0.2, 0) is 32.1 Å². The van der Waals surface area contributed by atoms with Gasteiger partial charge in [0.05, 0.1) is 0 Å². The lowest BCUT2D eigenvalue weighted by Crippen LogP contribution is -2.21. The number of hydrogen-bond acceptors (Lipinski definition) is 4. The van der Waals surface area contributed by atoms with Crippen molar-refractivity contribution in [2.45, 2.75) is 60.2 Å². The normalized spacial score (nSPS) is 9.70. The van der Waals surface area contributed by atoms with Crippen LogP contribution in [-0.4, -0.2) is 17.5 Å². The van der Waals surface area contributed by atoms with Crippen molar-refractivity contribution in [2.24, 2.45) is 0 Å². The highest BCUT2D eigenvalue weighted by Gasteiger charge is 2.11. The molecule has 4 heteroatoms. The molecule has 0 fully saturated rings. The lowest BCUT2D eigenvalue weighted by atomic mass is 10.2. The van der Waals surface area contributed by atoms with E-state index in [1.54, 1.807) is 0 Å². The molecule has 0 spiro atoms. The molecule has 148 valence electrons. The molecule has 2 rings (SSSR count). The Labute approximate surface area is 163 Å². The van der Waals surface area contributed by atoms with Gasteiger partial charge in [0.15, 0.2) is 0 Å². The number of aryl methyl sites for hydroxylation is 1. The Morgan fingerprint density at radius 3 is 1.48 bits per heavy atom. The third-order valence-electron chi connectivity index (χ3n) is 2.99. The average molecular weight is 373 g/mol. The maximum absolute atomic E-state index is 10.4. The fourth-order valence-corrected chi connectivity index (χ4v) is 1.90. The Hall–Kier alpha value is -2.62. The van der Waals surface area contributed by atoms with Crippen LogP contribution < -0.4 is 0 Å². The first kappa shape index (κ1) is 24.4. The summed E-state index contributed by atoms with van der Waals surface area (Å²) in [5.41, 5.74) is 2.10. The molecule has 27 heavy (non-hydrogen) atoms. The van der Waals surface area contributed by atoms with Crippen molar-refractivity contribution < 1.29 is 19.1 Å². The summed E-state index contributed by atoms with van der Waals surface area (Å²) in [6, 6.07) is 20.1. The summed E-state index contributed by atoms with van der Waals surface area (Å²) >= 11 is 0. The first-order valence-electron chi connectivity index (χ1n) is 9.04. The average Bonchev–Trinajstić information content (AvgIpc) is 2.60. The largest absolute Gasteiger partial charge is 0.461 e. The fourth-order valence-electron chi connectivity index (χ4n) is 1.90. The Kier molecular flexibility index (Phi) is 12.2. The molecule has 0 unspecified atom stereocenters. The standard InChI is InChI=1S/C9H10O2.C8H10.C6H12O2/c1-8(10)11-7-9-5-3-2-4-6-9;1-2-8-6-4-3-5-7-8;1-5(7)8-6(2,3)4/h2-6H,7H2,1H3;3-7H,2H2,1H3;1-4H3. The summed E-state index contributed by atoms with van der Waals surface area (Å²) in [6.45, 7) is 10.9. The first-order chi connectivity index (χ1) is 12.6. The monoisotopic (exact) mass is 372 g/mol. The predicted octanol–water partition coefficient (Wildman–Crippen LogP) is 5.35. The van der Waals surface area contributed by atoms with Gasteiger partial charge in [-0.1, -0.05) is 67.6 Å². The quantitative estimate of drug-likeness (QED) is 0.682. The highest BCUT2D eigenvalue weighted by Crippen LogP contribution is 2.05. The minimum absolute atomic E-state index is 0.225. The molecule has 0 aliphatic rings. The van der Waals surface area contributed by atoms with E-state index < -0.39 is 0 Å². The molecule has 4 nitrogen and oxygen atoms in total. The van der Waals surface area contributed by atoms with Crippen LogP contribution in [0.5, 0.6) is 0 Å². The van der Waals surface area contributed by atoms with Crippen molar-refractivity contribution in [2.75, 3.05) is 0 Å². The van der Waals surface area contributed by atoms with Crippen molar-refractivity contribution in [3.05, 3.63) is 71.8 Å². The van der Waals surface area contributed by atoms with Crippen LogP contribution in [0.4, 0.5) is 0 Å². The zero-order chi connectivity index (χ0) is 20.7. The molecule has 0 bridgehead atoms. The number of rotatable bonds is 3. The van der Waals surface area contributed by atoms with Gasteiger partial charge in [-0.3, -0.25) is 9.59 Å². The molecule has 2 aromatic rings. The molecule has 0 aromatic heterocycles. The summed E-state index contributed by atoms with van der Waals surface area (Å²) in [7, 11) is 0. The number of carbonyl (C=O) groups excluding carboxylic acids is 2. The number of carbonyl (C=O) groups is 2. The van der Waals surface area contributed by atoms with E-state index in [4.69, 9.17) is 9.47 Å².